The van der Waals surface area contributed by atoms with Crippen molar-refractivity contribution < 1.29 is 9.90 Å². The number of aromatic nitrogens is 5. The number of nitriles is 1. The van der Waals surface area contributed by atoms with Crippen LogP contribution in [0.15, 0.2) is 36.7 Å². The van der Waals surface area contributed by atoms with Gasteiger partial charge in [0.25, 0.3) is 5.91 Å². The van der Waals surface area contributed by atoms with E-state index in [1.54, 1.807) is 28.1 Å². The van der Waals surface area contributed by atoms with Crippen molar-refractivity contribution in [3.8, 4) is 28.0 Å². The fraction of sp³-hybridized carbons (Fsp3) is 0.448. The number of hydrogen-bond donors (Lipinski definition) is 3. The Balaban J connectivity index is 1.25. The van der Waals surface area contributed by atoms with Crippen LogP contribution in [0.4, 0.5) is 10.8 Å². The van der Waals surface area contributed by atoms with Crippen molar-refractivity contribution in [1.82, 2.24) is 30.1 Å². The summed E-state index contributed by atoms with van der Waals surface area (Å²) < 4.78 is 1.78. The molecule has 0 radical (unpaired) electrons. The Morgan fingerprint density at radius 2 is 1.93 bits per heavy atom. The molecule has 0 unspecified atom stereocenters. The van der Waals surface area contributed by atoms with E-state index in [2.05, 4.69) is 50.7 Å². The smallest absolute Gasteiger partial charge is 0.251 e. The maximum atomic E-state index is 12.4. The standard InChI is InChI=1S/C29H33N9O2S/c1-16(2)33-22-10-23(24-8-7-20-9-17(11-30)12-32-38(20)24)31-13-21(22)26-35-36-28(41-26)37-14-18-5-6-19(15-37)25(18)34-27(39)29(3,4)40/h7-10,12-13,16,18-19,25,40H,5-6,14-15H2,1-4H3,(H,31,33)(H,34,39)/t18-,19+,25-. The minimum Gasteiger partial charge on any atom is -0.382 e. The predicted octanol–water partition coefficient (Wildman–Crippen LogP) is 3.71. The lowest BCUT2D eigenvalue weighted by Crippen LogP contribution is -2.56. The summed E-state index contributed by atoms with van der Waals surface area (Å²) in [7, 11) is 0. The first-order valence-electron chi connectivity index (χ1n) is 13.9. The van der Waals surface area contributed by atoms with Crippen LogP contribution in [0.5, 0.6) is 0 Å². The second-order valence-corrected chi connectivity index (χ2v) is 12.7. The molecular formula is C29H33N9O2S. The molecule has 11 nitrogen and oxygen atoms in total. The molecule has 1 saturated heterocycles. The highest BCUT2D eigenvalue weighted by atomic mass is 32.1. The summed E-state index contributed by atoms with van der Waals surface area (Å²) in [5.41, 5.74) is 3.32. The lowest BCUT2D eigenvalue weighted by atomic mass is 9.91. The van der Waals surface area contributed by atoms with Gasteiger partial charge < -0.3 is 20.6 Å². The van der Waals surface area contributed by atoms with Crippen molar-refractivity contribution in [2.75, 3.05) is 23.3 Å². The molecule has 1 aliphatic carbocycles. The SMILES string of the molecule is CC(C)Nc1cc(-c2ccc3cc(C#N)cnn23)ncc1-c1nnc(N2C[C@H]3CC[C@@H](C2)[C@@H]3NC(=O)C(C)(C)O)s1. The van der Waals surface area contributed by atoms with Gasteiger partial charge in [-0.05, 0) is 76.6 Å². The van der Waals surface area contributed by atoms with Gasteiger partial charge in [-0.1, -0.05) is 11.3 Å². The van der Waals surface area contributed by atoms with Gasteiger partial charge in [-0.3, -0.25) is 9.78 Å². The summed E-state index contributed by atoms with van der Waals surface area (Å²) in [6.45, 7) is 8.80. The predicted molar refractivity (Wildman–Crippen MR) is 157 cm³/mol. The van der Waals surface area contributed by atoms with Crippen LogP contribution in [0.1, 0.15) is 46.1 Å². The summed E-state index contributed by atoms with van der Waals surface area (Å²) in [6, 6.07) is 10.1. The van der Waals surface area contributed by atoms with Crippen molar-refractivity contribution >= 4 is 33.6 Å². The number of nitrogens with zero attached hydrogens (tertiary/aromatic N) is 7. The molecule has 3 N–H and O–H groups in total. The van der Waals surface area contributed by atoms with Gasteiger partial charge in [0.2, 0.25) is 5.13 Å². The van der Waals surface area contributed by atoms with Crippen LogP contribution in [-0.4, -0.2) is 66.6 Å². The molecule has 1 saturated carbocycles. The Labute approximate surface area is 242 Å². The van der Waals surface area contributed by atoms with Crippen LogP contribution in [0.2, 0.25) is 0 Å². The van der Waals surface area contributed by atoms with Crippen molar-refractivity contribution in [2.24, 2.45) is 11.8 Å². The van der Waals surface area contributed by atoms with Gasteiger partial charge in [-0.2, -0.15) is 10.4 Å². The summed E-state index contributed by atoms with van der Waals surface area (Å²) in [5, 5.41) is 41.1. The highest BCUT2D eigenvalue weighted by Crippen LogP contribution is 2.41. The zero-order chi connectivity index (χ0) is 28.9. The van der Waals surface area contributed by atoms with Crippen molar-refractivity contribution in [1.29, 1.82) is 5.26 Å². The summed E-state index contributed by atoms with van der Waals surface area (Å²) in [4.78, 5) is 19.5. The minimum absolute atomic E-state index is 0.0715. The van der Waals surface area contributed by atoms with Gasteiger partial charge in [0.15, 0.2) is 5.01 Å². The monoisotopic (exact) mass is 571 g/mol. The maximum absolute atomic E-state index is 12.4. The average molecular weight is 572 g/mol. The summed E-state index contributed by atoms with van der Waals surface area (Å²) in [5.74, 6) is 0.297. The molecule has 41 heavy (non-hydrogen) atoms. The van der Waals surface area contributed by atoms with Crippen LogP contribution in [-0.2, 0) is 4.79 Å². The Bertz CT molecular complexity index is 1630. The molecule has 0 aromatic carbocycles. The number of fused-ring (bicyclic) bond motifs is 3. The van der Waals surface area contributed by atoms with E-state index < -0.39 is 5.60 Å². The topological polar surface area (TPSA) is 144 Å². The van der Waals surface area contributed by atoms with Crippen LogP contribution in [0, 0.1) is 23.2 Å². The van der Waals surface area contributed by atoms with Crippen LogP contribution in [0.3, 0.4) is 0 Å². The number of nitrogens with one attached hydrogen (secondary N) is 2. The summed E-state index contributed by atoms with van der Waals surface area (Å²) >= 11 is 1.54. The third kappa shape index (κ3) is 5.23. The van der Waals surface area contributed by atoms with Crippen molar-refractivity contribution in [2.45, 2.75) is 58.2 Å². The number of aliphatic hydroxyl groups is 1. The number of anilines is 2. The van der Waals surface area contributed by atoms with Gasteiger partial charge in [0.05, 0.1) is 34.2 Å². The molecule has 6 rings (SSSR count). The third-order valence-corrected chi connectivity index (χ3v) is 8.86. The molecular weight excluding hydrogens is 538 g/mol. The quantitative estimate of drug-likeness (QED) is 0.302. The van der Waals surface area contributed by atoms with Crippen LogP contribution in [0.25, 0.3) is 27.5 Å². The van der Waals surface area contributed by atoms with E-state index in [0.29, 0.717) is 17.4 Å². The Morgan fingerprint density at radius 3 is 2.61 bits per heavy atom. The second-order valence-electron chi connectivity index (χ2n) is 11.8. The molecule has 212 valence electrons. The zero-order valence-corrected chi connectivity index (χ0v) is 24.3. The molecule has 5 heterocycles. The van der Waals surface area contributed by atoms with Crippen molar-refractivity contribution in [3.05, 3.63) is 42.2 Å². The second kappa shape index (κ2) is 10.4. The van der Waals surface area contributed by atoms with Gasteiger partial charge in [0, 0.05) is 37.1 Å². The number of carbonyl (C=O) groups is 1. The highest BCUT2D eigenvalue weighted by Gasteiger charge is 2.44. The lowest BCUT2D eigenvalue weighted by Gasteiger charge is -2.38. The largest absolute Gasteiger partial charge is 0.382 e. The van der Waals surface area contributed by atoms with Crippen LogP contribution >= 0.6 is 11.3 Å². The Morgan fingerprint density at radius 1 is 1.17 bits per heavy atom. The lowest BCUT2D eigenvalue weighted by molar-refractivity contribution is -0.137. The van der Waals surface area contributed by atoms with Gasteiger partial charge in [-0.25, -0.2) is 4.52 Å². The van der Waals surface area contributed by atoms with Crippen molar-refractivity contribution in [3.63, 3.8) is 0 Å². The molecule has 2 fully saturated rings. The minimum atomic E-state index is -1.39. The number of carbonyl (C=O) groups excluding carboxylic acids is 1. The fourth-order valence-electron chi connectivity index (χ4n) is 5.85. The molecule has 1 aliphatic heterocycles. The van der Waals surface area contributed by atoms with Crippen LogP contribution < -0.4 is 15.5 Å². The molecule has 4 aromatic rings. The molecule has 2 aliphatic rings. The van der Waals surface area contributed by atoms with E-state index in [9.17, 15) is 15.2 Å². The van der Waals surface area contributed by atoms with E-state index in [1.807, 2.05) is 24.4 Å². The number of pyridine rings is 1. The third-order valence-electron chi connectivity index (χ3n) is 7.84. The Hall–Kier alpha value is -4.08. The molecule has 1 amide bonds. The average Bonchev–Trinajstić information content (AvgIpc) is 3.63. The molecule has 3 atom stereocenters. The van der Waals surface area contributed by atoms with Gasteiger partial charge >= 0.3 is 0 Å². The highest BCUT2D eigenvalue weighted by molar-refractivity contribution is 7.18. The number of amides is 1. The fourth-order valence-corrected chi connectivity index (χ4v) is 6.73. The van der Waals surface area contributed by atoms with Gasteiger partial charge in [0.1, 0.15) is 11.7 Å². The van der Waals surface area contributed by atoms with E-state index in [-0.39, 0.29) is 18.0 Å². The number of hydrogen-bond acceptors (Lipinski definition) is 10. The van der Waals surface area contributed by atoms with E-state index in [4.69, 9.17) is 4.98 Å². The van der Waals surface area contributed by atoms with E-state index in [1.165, 1.54) is 13.8 Å². The first kappa shape index (κ1) is 27.1. The molecule has 2 bridgehead atoms. The first-order chi connectivity index (χ1) is 19.6. The maximum Gasteiger partial charge on any atom is 0.251 e. The first-order valence-corrected chi connectivity index (χ1v) is 14.7. The van der Waals surface area contributed by atoms with E-state index in [0.717, 1.165) is 64.2 Å². The zero-order valence-electron chi connectivity index (χ0n) is 23.5. The normalized spacial score (nSPS) is 20.4. The molecule has 0 spiro atoms. The number of piperidine rings is 1. The molecule has 4 aromatic heterocycles. The number of rotatable bonds is 7. The Kier molecular flexibility index (Phi) is 6.87. The summed E-state index contributed by atoms with van der Waals surface area (Å²) in [6.07, 6.45) is 5.46. The van der Waals surface area contributed by atoms with Gasteiger partial charge in [-0.15, -0.1) is 10.2 Å². The molecule has 12 heteroatoms. The van der Waals surface area contributed by atoms with E-state index >= 15 is 0 Å².